The van der Waals surface area contributed by atoms with Crippen molar-refractivity contribution in [1.29, 1.82) is 0 Å². The summed E-state index contributed by atoms with van der Waals surface area (Å²) in [5, 5.41) is 3.16. The first kappa shape index (κ1) is 23.9. The Balaban J connectivity index is 1.13. The average Bonchev–Trinajstić information content (AvgIpc) is 3.64. The van der Waals surface area contributed by atoms with Crippen LogP contribution >= 0.6 is 0 Å². The van der Waals surface area contributed by atoms with Crippen LogP contribution in [-0.2, 0) is 6.18 Å². The van der Waals surface area contributed by atoms with Gasteiger partial charge >= 0.3 is 12.2 Å². The third-order valence-corrected chi connectivity index (χ3v) is 6.53. The predicted molar refractivity (Wildman–Crippen MR) is 131 cm³/mol. The highest BCUT2D eigenvalue weighted by Gasteiger charge is 2.40. The number of nitrogens with zero attached hydrogens (tertiary/aromatic N) is 2. The number of alkyl halides is 3. The SMILES string of the molecule is O=C(NC1C[C@H]1c1ccccc1)N1CCC(=Cc2cccc(Oc3ccc(C(F)(F)F)cn3)c2)CC1. The smallest absolute Gasteiger partial charge is 0.417 e. The quantitative estimate of drug-likeness (QED) is 0.434. The summed E-state index contributed by atoms with van der Waals surface area (Å²) in [4.78, 5) is 18.3. The molecular formula is C28H26F3N3O2. The highest BCUT2D eigenvalue weighted by atomic mass is 19.4. The van der Waals surface area contributed by atoms with E-state index in [1.807, 2.05) is 41.3 Å². The van der Waals surface area contributed by atoms with E-state index >= 15 is 0 Å². The number of hydrogen-bond acceptors (Lipinski definition) is 3. The van der Waals surface area contributed by atoms with Gasteiger partial charge in [0.25, 0.3) is 0 Å². The molecule has 1 aliphatic carbocycles. The molecule has 0 bridgehead atoms. The number of ether oxygens (including phenoxy) is 1. The van der Waals surface area contributed by atoms with Gasteiger partial charge in [0.15, 0.2) is 0 Å². The van der Waals surface area contributed by atoms with Gasteiger partial charge in [-0.1, -0.05) is 54.1 Å². The maximum Gasteiger partial charge on any atom is 0.417 e. The van der Waals surface area contributed by atoms with Crippen LogP contribution in [0.2, 0.25) is 0 Å². The normalized spacial score (nSPS) is 19.5. The molecule has 0 spiro atoms. The minimum absolute atomic E-state index is 0.00285. The van der Waals surface area contributed by atoms with Crippen molar-refractivity contribution in [1.82, 2.24) is 15.2 Å². The summed E-state index contributed by atoms with van der Waals surface area (Å²) >= 11 is 0. The minimum atomic E-state index is -4.43. The molecular weight excluding hydrogens is 467 g/mol. The van der Waals surface area contributed by atoms with Crippen LogP contribution < -0.4 is 10.1 Å². The fourth-order valence-electron chi connectivity index (χ4n) is 4.45. The van der Waals surface area contributed by atoms with Crippen LogP contribution in [0.25, 0.3) is 6.08 Å². The van der Waals surface area contributed by atoms with E-state index in [2.05, 4.69) is 28.5 Å². The van der Waals surface area contributed by atoms with E-state index in [9.17, 15) is 18.0 Å². The van der Waals surface area contributed by atoms with Gasteiger partial charge in [0.05, 0.1) is 5.56 Å². The largest absolute Gasteiger partial charge is 0.439 e. The Labute approximate surface area is 207 Å². The molecule has 2 aromatic carbocycles. The van der Waals surface area contributed by atoms with E-state index in [1.165, 1.54) is 17.2 Å². The summed E-state index contributed by atoms with van der Waals surface area (Å²) in [7, 11) is 0. The van der Waals surface area contributed by atoms with Gasteiger partial charge in [-0.25, -0.2) is 9.78 Å². The fraction of sp³-hybridized carbons (Fsp3) is 0.286. The molecule has 1 saturated carbocycles. The standard InChI is InChI=1S/C28H26F3N3O2/c29-28(30,31)22-9-10-26(32-18-22)36-23-8-4-5-20(16-23)15-19-11-13-34(14-12-19)27(35)33-25-17-24(25)21-6-2-1-3-7-21/h1-10,15-16,18,24-25H,11-14,17H2,(H,33,35)/t24-,25?/m0/s1. The van der Waals surface area contributed by atoms with Crippen LogP contribution in [0.4, 0.5) is 18.0 Å². The van der Waals surface area contributed by atoms with Gasteiger partial charge in [0, 0.05) is 37.3 Å². The molecule has 1 aliphatic heterocycles. The van der Waals surface area contributed by atoms with Gasteiger partial charge in [-0.3, -0.25) is 0 Å². The number of rotatable bonds is 5. The van der Waals surface area contributed by atoms with Crippen molar-refractivity contribution in [2.24, 2.45) is 0 Å². The molecule has 186 valence electrons. The monoisotopic (exact) mass is 493 g/mol. The van der Waals surface area contributed by atoms with E-state index < -0.39 is 11.7 Å². The summed E-state index contributed by atoms with van der Waals surface area (Å²) in [6.07, 6.45) is 0.952. The number of carbonyl (C=O) groups excluding carboxylic acids is 1. The third-order valence-electron chi connectivity index (χ3n) is 6.53. The lowest BCUT2D eigenvalue weighted by Crippen LogP contribution is -2.44. The van der Waals surface area contributed by atoms with Crippen molar-refractivity contribution in [2.45, 2.75) is 37.4 Å². The number of aromatic nitrogens is 1. The molecule has 8 heteroatoms. The molecule has 2 heterocycles. The van der Waals surface area contributed by atoms with Crippen LogP contribution in [0.3, 0.4) is 0 Å². The number of hydrogen-bond donors (Lipinski definition) is 1. The lowest BCUT2D eigenvalue weighted by atomic mass is 10.0. The molecule has 36 heavy (non-hydrogen) atoms. The number of likely N-dealkylation sites (tertiary alicyclic amines) is 1. The van der Waals surface area contributed by atoms with Crippen LogP contribution in [0.15, 0.2) is 78.5 Å². The Morgan fingerprint density at radius 2 is 1.81 bits per heavy atom. The molecule has 5 nitrogen and oxygen atoms in total. The number of carbonyl (C=O) groups is 1. The number of piperidine rings is 1. The highest BCUT2D eigenvalue weighted by molar-refractivity contribution is 5.75. The first-order chi connectivity index (χ1) is 17.3. The molecule has 2 aliphatic rings. The summed E-state index contributed by atoms with van der Waals surface area (Å²) in [6.45, 7) is 1.32. The van der Waals surface area contributed by atoms with Gasteiger partial charge in [0.2, 0.25) is 5.88 Å². The maximum atomic E-state index is 12.7. The summed E-state index contributed by atoms with van der Waals surface area (Å²) in [5.74, 6) is 0.991. The second-order valence-corrected chi connectivity index (χ2v) is 9.16. The van der Waals surface area contributed by atoms with Gasteiger partial charge in [0.1, 0.15) is 5.75 Å². The van der Waals surface area contributed by atoms with Crippen molar-refractivity contribution in [3.8, 4) is 11.6 Å². The summed E-state index contributed by atoms with van der Waals surface area (Å²) in [6, 6.07) is 19.9. The van der Waals surface area contributed by atoms with Crippen LogP contribution in [0.1, 0.15) is 41.9 Å². The topological polar surface area (TPSA) is 54.5 Å². The second kappa shape index (κ2) is 10.0. The summed E-state index contributed by atoms with van der Waals surface area (Å²) in [5.41, 5.74) is 2.61. The van der Waals surface area contributed by atoms with E-state index in [0.29, 0.717) is 24.8 Å². The molecule has 1 unspecified atom stereocenters. The first-order valence-corrected chi connectivity index (χ1v) is 12.0. The Bertz CT molecular complexity index is 1230. The Morgan fingerprint density at radius 1 is 1.03 bits per heavy atom. The van der Waals surface area contributed by atoms with Crippen molar-refractivity contribution in [2.75, 3.05) is 13.1 Å². The molecule has 0 radical (unpaired) electrons. The number of urea groups is 1. The lowest BCUT2D eigenvalue weighted by molar-refractivity contribution is -0.137. The van der Waals surface area contributed by atoms with Gasteiger partial charge < -0.3 is 15.0 Å². The Kier molecular flexibility index (Phi) is 6.67. The van der Waals surface area contributed by atoms with E-state index in [0.717, 1.165) is 37.1 Å². The van der Waals surface area contributed by atoms with Gasteiger partial charge in [-0.15, -0.1) is 0 Å². The number of pyridine rings is 1. The zero-order valence-corrected chi connectivity index (χ0v) is 19.5. The minimum Gasteiger partial charge on any atom is -0.439 e. The maximum absolute atomic E-state index is 12.7. The van der Waals surface area contributed by atoms with Crippen molar-refractivity contribution in [3.63, 3.8) is 0 Å². The van der Waals surface area contributed by atoms with Gasteiger partial charge in [-0.05, 0) is 48.6 Å². The molecule has 3 aromatic rings. The predicted octanol–water partition coefficient (Wildman–Crippen LogP) is 6.64. The van der Waals surface area contributed by atoms with Crippen LogP contribution in [-0.4, -0.2) is 35.0 Å². The van der Waals surface area contributed by atoms with Crippen LogP contribution in [0.5, 0.6) is 11.6 Å². The first-order valence-electron chi connectivity index (χ1n) is 12.0. The molecule has 1 saturated heterocycles. The van der Waals surface area contributed by atoms with Crippen molar-refractivity contribution >= 4 is 12.1 Å². The van der Waals surface area contributed by atoms with Crippen molar-refractivity contribution in [3.05, 3.63) is 95.2 Å². The molecule has 2 atom stereocenters. The molecule has 2 fully saturated rings. The number of amides is 2. The Morgan fingerprint density at radius 3 is 2.50 bits per heavy atom. The van der Waals surface area contributed by atoms with E-state index in [4.69, 9.17) is 4.74 Å². The van der Waals surface area contributed by atoms with E-state index in [-0.39, 0.29) is 18.0 Å². The Hall–Kier alpha value is -3.81. The summed E-state index contributed by atoms with van der Waals surface area (Å²) < 4.78 is 43.8. The zero-order valence-electron chi connectivity index (χ0n) is 19.5. The second-order valence-electron chi connectivity index (χ2n) is 9.16. The third kappa shape index (κ3) is 5.87. The molecule has 1 N–H and O–H groups in total. The zero-order chi connectivity index (χ0) is 25.1. The number of halogens is 3. The molecule has 1 aromatic heterocycles. The fourth-order valence-corrected chi connectivity index (χ4v) is 4.45. The van der Waals surface area contributed by atoms with Crippen LogP contribution in [0, 0.1) is 0 Å². The molecule has 2 amide bonds. The highest BCUT2D eigenvalue weighted by Crippen LogP contribution is 2.40. The number of nitrogens with one attached hydrogen (secondary N) is 1. The van der Waals surface area contributed by atoms with E-state index in [1.54, 1.807) is 6.07 Å². The lowest BCUT2D eigenvalue weighted by Gasteiger charge is -2.28. The van der Waals surface area contributed by atoms with Gasteiger partial charge in [-0.2, -0.15) is 13.2 Å². The average molecular weight is 494 g/mol. The molecule has 5 rings (SSSR count). The number of benzene rings is 2. The van der Waals surface area contributed by atoms with Crippen molar-refractivity contribution < 1.29 is 22.7 Å².